The van der Waals surface area contributed by atoms with Crippen LogP contribution in [0.3, 0.4) is 0 Å². The molecule has 0 bridgehead atoms. The lowest BCUT2D eigenvalue weighted by atomic mass is 9.89. The number of rotatable bonds is 1. The van der Waals surface area contributed by atoms with E-state index in [9.17, 15) is 0 Å². The lowest BCUT2D eigenvalue weighted by molar-refractivity contribution is 0.388. The van der Waals surface area contributed by atoms with Gasteiger partial charge >= 0.3 is 0 Å². The third kappa shape index (κ3) is 0.810. The monoisotopic (exact) mass is 121 g/mol. The third-order valence-electron chi connectivity index (χ3n) is 2.85. The highest BCUT2D eigenvalue weighted by molar-refractivity contribution is 4.97. The average molecular weight is 121 g/mol. The van der Waals surface area contributed by atoms with E-state index in [4.69, 9.17) is 0 Å². The predicted molar refractivity (Wildman–Crippen MR) is 37.8 cm³/mol. The molecule has 0 aromatic carbocycles. The van der Waals surface area contributed by atoms with Crippen molar-refractivity contribution in [2.75, 3.05) is 0 Å². The summed E-state index contributed by atoms with van der Waals surface area (Å²) in [4.78, 5) is 0. The van der Waals surface area contributed by atoms with Crippen LogP contribution in [0.25, 0.3) is 0 Å². The van der Waals surface area contributed by atoms with E-state index >= 15 is 0 Å². The Morgan fingerprint density at radius 1 is 1.33 bits per heavy atom. The molecule has 2 saturated carbocycles. The molecule has 49 valence electrons. The van der Waals surface area contributed by atoms with Gasteiger partial charge in [-0.1, -0.05) is 19.4 Å². The van der Waals surface area contributed by atoms with E-state index < -0.39 is 0 Å². The van der Waals surface area contributed by atoms with Gasteiger partial charge in [-0.05, 0) is 36.7 Å². The van der Waals surface area contributed by atoms with Gasteiger partial charge in [-0.15, -0.1) is 0 Å². The molecule has 0 heteroatoms. The van der Waals surface area contributed by atoms with E-state index in [2.05, 4.69) is 12.7 Å². The maximum atomic E-state index is 3.74. The molecule has 2 fully saturated rings. The molecule has 0 spiro atoms. The second-order valence-electron chi connectivity index (χ2n) is 3.40. The Balaban J connectivity index is 2.00. The first-order valence-electron chi connectivity index (χ1n) is 3.94. The van der Waals surface area contributed by atoms with Crippen LogP contribution in [-0.4, -0.2) is 0 Å². The second kappa shape index (κ2) is 1.86. The minimum Gasteiger partial charge on any atom is -0.0953 e. The first-order chi connectivity index (χ1) is 4.42. The van der Waals surface area contributed by atoms with Crippen LogP contribution in [0.2, 0.25) is 0 Å². The van der Waals surface area contributed by atoms with Crippen molar-refractivity contribution >= 4 is 0 Å². The quantitative estimate of drug-likeness (QED) is 0.499. The summed E-state index contributed by atoms with van der Waals surface area (Å²) in [5.74, 6) is 2.86. The molecule has 0 heterocycles. The highest BCUT2D eigenvalue weighted by Crippen LogP contribution is 2.52. The van der Waals surface area contributed by atoms with E-state index in [-0.39, 0.29) is 0 Å². The van der Waals surface area contributed by atoms with Crippen LogP contribution in [0.15, 0.2) is 6.58 Å². The van der Waals surface area contributed by atoms with Crippen molar-refractivity contribution in [2.45, 2.75) is 25.7 Å². The van der Waals surface area contributed by atoms with Gasteiger partial charge in [0.1, 0.15) is 0 Å². The van der Waals surface area contributed by atoms with Crippen LogP contribution < -0.4 is 0 Å². The van der Waals surface area contributed by atoms with Crippen molar-refractivity contribution in [1.29, 1.82) is 0 Å². The molecule has 0 N–H and O–H groups in total. The highest BCUT2D eigenvalue weighted by atomic mass is 14.5. The van der Waals surface area contributed by atoms with Crippen molar-refractivity contribution in [3.8, 4) is 0 Å². The molecule has 1 radical (unpaired) electrons. The summed E-state index contributed by atoms with van der Waals surface area (Å²) < 4.78 is 0. The fraction of sp³-hybridized carbons (Fsp3) is 0.778. The molecule has 3 atom stereocenters. The number of hydrogen-bond donors (Lipinski definition) is 0. The van der Waals surface area contributed by atoms with E-state index in [0.29, 0.717) is 0 Å². The molecule has 0 nitrogen and oxygen atoms in total. The highest BCUT2D eigenvalue weighted by Gasteiger charge is 2.43. The first-order valence-corrected chi connectivity index (χ1v) is 3.94. The van der Waals surface area contributed by atoms with Gasteiger partial charge in [-0.3, -0.25) is 0 Å². The van der Waals surface area contributed by atoms with Gasteiger partial charge in [-0.25, -0.2) is 0 Å². The van der Waals surface area contributed by atoms with Crippen LogP contribution >= 0.6 is 0 Å². The van der Waals surface area contributed by atoms with Crippen molar-refractivity contribution in [3.63, 3.8) is 0 Å². The third-order valence-corrected chi connectivity index (χ3v) is 2.85. The van der Waals surface area contributed by atoms with Gasteiger partial charge in [-0.2, -0.15) is 0 Å². The zero-order valence-corrected chi connectivity index (χ0v) is 5.77. The zero-order chi connectivity index (χ0) is 6.27. The summed E-state index contributed by atoms with van der Waals surface area (Å²) in [5, 5.41) is 0. The zero-order valence-electron chi connectivity index (χ0n) is 5.77. The molecule has 9 heavy (non-hydrogen) atoms. The largest absolute Gasteiger partial charge is 0.0953 e. The molecule has 2 aliphatic carbocycles. The maximum Gasteiger partial charge on any atom is -0.0134 e. The van der Waals surface area contributed by atoms with E-state index in [0.717, 1.165) is 17.8 Å². The summed E-state index contributed by atoms with van der Waals surface area (Å²) in [6.07, 6.45) is 8.90. The lowest BCUT2D eigenvalue weighted by Crippen LogP contribution is -2.06. The standard InChI is InChI=1S/C9H13/c1-2-7-4-3-5-8-6-9(7)8/h7-9H,1,3-6H2. The summed E-state index contributed by atoms with van der Waals surface area (Å²) in [6, 6.07) is 0. The minimum absolute atomic E-state index is 0.767. The molecular formula is C9H13. The van der Waals surface area contributed by atoms with Crippen molar-refractivity contribution in [2.24, 2.45) is 17.8 Å². The Morgan fingerprint density at radius 2 is 2.22 bits per heavy atom. The number of allylic oxidation sites excluding steroid dienone is 1. The van der Waals surface area contributed by atoms with Crippen LogP contribution in [0, 0.1) is 23.8 Å². The minimum atomic E-state index is 0.767. The molecule has 0 aliphatic heterocycles. The van der Waals surface area contributed by atoms with Crippen LogP contribution in [0.1, 0.15) is 25.7 Å². The van der Waals surface area contributed by atoms with Gasteiger partial charge < -0.3 is 0 Å². The molecule has 0 aromatic rings. The Morgan fingerprint density at radius 3 is 2.89 bits per heavy atom. The first kappa shape index (κ1) is 5.52. The second-order valence-corrected chi connectivity index (χ2v) is 3.40. The van der Waals surface area contributed by atoms with Crippen molar-refractivity contribution in [1.82, 2.24) is 0 Å². The number of fused-ring (bicyclic) bond motifs is 1. The summed E-state index contributed by atoms with van der Waals surface area (Å²) in [5.41, 5.74) is 0. The van der Waals surface area contributed by atoms with Gasteiger partial charge in [0.2, 0.25) is 0 Å². The van der Waals surface area contributed by atoms with Crippen molar-refractivity contribution in [3.05, 3.63) is 12.7 Å². The predicted octanol–water partition coefficient (Wildman–Crippen LogP) is 2.41. The molecule has 3 unspecified atom stereocenters. The Labute approximate surface area is 57.0 Å². The molecular weight excluding hydrogens is 108 g/mol. The number of hydrogen-bond acceptors (Lipinski definition) is 0. The van der Waals surface area contributed by atoms with Gasteiger partial charge in [0.05, 0.1) is 0 Å². The van der Waals surface area contributed by atoms with E-state index in [1.807, 2.05) is 0 Å². The van der Waals surface area contributed by atoms with E-state index in [1.165, 1.54) is 25.7 Å². The van der Waals surface area contributed by atoms with Crippen molar-refractivity contribution < 1.29 is 0 Å². The average Bonchev–Trinajstić information content (AvgIpc) is 2.64. The fourth-order valence-electron chi connectivity index (χ4n) is 2.16. The fourth-order valence-corrected chi connectivity index (χ4v) is 2.16. The maximum absolute atomic E-state index is 3.74. The lowest BCUT2D eigenvalue weighted by Gasteiger charge is -2.15. The molecule has 0 saturated heterocycles. The topological polar surface area (TPSA) is 0 Å². The molecule has 0 aromatic heterocycles. The Bertz CT molecular complexity index is 126. The molecule has 2 aliphatic rings. The van der Waals surface area contributed by atoms with Crippen LogP contribution in [0.5, 0.6) is 0 Å². The molecule has 2 rings (SSSR count). The van der Waals surface area contributed by atoms with Gasteiger partial charge in [0.15, 0.2) is 0 Å². The Kier molecular flexibility index (Phi) is 1.14. The summed E-state index contributed by atoms with van der Waals surface area (Å²) >= 11 is 0. The smallest absolute Gasteiger partial charge is 0.0134 e. The van der Waals surface area contributed by atoms with Gasteiger partial charge in [0, 0.05) is 0 Å². The Hall–Kier alpha value is -0.260. The SMILES string of the molecule is C=[C]C1CCCC2CC12. The normalized spacial score (nSPS) is 47.8. The van der Waals surface area contributed by atoms with E-state index in [1.54, 1.807) is 0 Å². The van der Waals surface area contributed by atoms with Gasteiger partial charge in [0.25, 0.3) is 0 Å². The van der Waals surface area contributed by atoms with Crippen LogP contribution in [0.4, 0.5) is 0 Å². The van der Waals surface area contributed by atoms with Crippen LogP contribution in [-0.2, 0) is 0 Å². The molecule has 0 amide bonds. The summed E-state index contributed by atoms with van der Waals surface area (Å²) in [7, 11) is 0. The summed E-state index contributed by atoms with van der Waals surface area (Å²) in [6.45, 7) is 3.74.